The molecule has 0 spiro atoms. The number of nitrogens with one attached hydrogen (secondary N) is 1. The van der Waals surface area contributed by atoms with Crippen LogP contribution < -0.4 is 14.8 Å². The molecule has 9 heteroatoms. The van der Waals surface area contributed by atoms with Crippen molar-refractivity contribution in [3.63, 3.8) is 0 Å². The molecule has 0 aromatic heterocycles. The smallest absolute Gasteiger partial charge is 0.329 e. The standard InChI is InChI=1S/C31H28N2O7/c1-16(31(37)40-15-24(34)32-22-14-17(38-2)12-13-23(22)39-3)33-29(35)27-25-18-8-4-5-9-19(18)26(28(27)30(33)36)21-11-7-6-10-20(21)25/h4-14,16,25-28H,15H2,1-3H3,(H,32,34)/t16-,25?,26?,27-,28-/m0/s1. The quantitative estimate of drug-likeness (QED) is 0.361. The van der Waals surface area contributed by atoms with Crippen LogP contribution in [0.25, 0.3) is 0 Å². The first-order valence-electron chi connectivity index (χ1n) is 13.1. The topological polar surface area (TPSA) is 111 Å². The Bertz CT molecular complexity index is 1430. The number of methoxy groups -OCH3 is 2. The van der Waals surface area contributed by atoms with Gasteiger partial charge in [-0.25, -0.2) is 4.79 Å². The molecular weight excluding hydrogens is 512 g/mol. The van der Waals surface area contributed by atoms with Crippen LogP contribution in [0.1, 0.15) is 41.0 Å². The van der Waals surface area contributed by atoms with E-state index in [-0.39, 0.29) is 23.7 Å². The summed E-state index contributed by atoms with van der Waals surface area (Å²) in [6, 6.07) is 19.6. The number of benzene rings is 3. The molecule has 3 atom stereocenters. The maximum atomic E-state index is 13.8. The van der Waals surface area contributed by atoms with Crippen LogP contribution in [0.3, 0.4) is 0 Å². The fourth-order valence-electron chi connectivity index (χ4n) is 6.54. The lowest BCUT2D eigenvalue weighted by molar-refractivity contribution is -0.159. The van der Waals surface area contributed by atoms with Crippen molar-refractivity contribution in [2.45, 2.75) is 24.8 Å². The Kier molecular flexibility index (Phi) is 6.29. The van der Waals surface area contributed by atoms with E-state index in [9.17, 15) is 19.2 Å². The number of carbonyl (C=O) groups is 4. The van der Waals surface area contributed by atoms with Crippen LogP contribution in [-0.4, -0.2) is 55.5 Å². The highest BCUT2D eigenvalue weighted by molar-refractivity contribution is 6.10. The summed E-state index contributed by atoms with van der Waals surface area (Å²) >= 11 is 0. The molecule has 1 heterocycles. The van der Waals surface area contributed by atoms with E-state index in [1.807, 2.05) is 48.5 Å². The van der Waals surface area contributed by atoms with Crippen molar-refractivity contribution >= 4 is 29.4 Å². The van der Waals surface area contributed by atoms with Crippen LogP contribution in [0.5, 0.6) is 11.5 Å². The Morgan fingerprint density at radius 1 is 0.825 bits per heavy atom. The van der Waals surface area contributed by atoms with Crippen LogP contribution in [0.4, 0.5) is 5.69 Å². The van der Waals surface area contributed by atoms with Crippen molar-refractivity contribution in [1.82, 2.24) is 4.90 Å². The van der Waals surface area contributed by atoms with Crippen LogP contribution in [0.15, 0.2) is 66.7 Å². The van der Waals surface area contributed by atoms with E-state index in [1.165, 1.54) is 21.1 Å². The van der Waals surface area contributed by atoms with Gasteiger partial charge >= 0.3 is 5.97 Å². The number of rotatable bonds is 7. The molecule has 1 saturated heterocycles. The summed E-state index contributed by atoms with van der Waals surface area (Å²) in [6.45, 7) is 0.857. The molecule has 0 saturated carbocycles. The van der Waals surface area contributed by atoms with E-state index in [2.05, 4.69) is 5.32 Å². The number of anilines is 1. The SMILES string of the molecule is COc1ccc(OC)c(NC(=O)COC(=O)[C@H](C)N2C(=O)[C@H]3C4c5ccccc5C(c5ccccc54)[C@@H]3C2=O)c1. The van der Waals surface area contributed by atoms with Gasteiger partial charge in [-0.05, 0) is 41.3 Å². The monoisotopic (exact) mass is 540 g/mol. The first-order valence-corrected chi connectivity index (χ1v) is 13.1. The predicted molar refractivity (Wildman–Crippen MR) is 144 cm³/mol. The fraction of sp³-hybridized carbons (Fsp3) is 0.290. The first kappa shape index (κ1) is 25.6. The van der Waals surface area contributed by atoms with Gasteiger partial charge in [-0.3, -0.25) is 19.3 Å². The summed E-state index contributed by atoms with van der Waals surface area (Å²) in [7, 11) is 2.96. The molecule has 3 aromatic rings. The minimum Gasteiger partial charge on any atom is -0.497 e. The van der Waals surface area contributed by atoms with Gasteiger partial charge in [0.2, 0.25) is 11.8 Å². The van der Waals surface area contributed by atoms with Gasteiger partial charge in [-0.2, -0.15) is 0 Å². The second-order valence-electron chi connectivity index (χ2n) is 10.2. The van der Waals surface area contributed by atoms with Gasteiger partial charge < -0.3 is 19.5 Å². The summed E-state index contributed by atoms with van der Waals surface area (Å²) in [5, 5.41) is 2.63. The van der Waals surface area contributed by atoms with Gasteiger partial charge in [0, 0.05) is 17.9 Å². The van der Waals surface area contributed by atoms with E-state index in [1.54, 1.807) is 18.2 Å². The molecule has 40 heavy (non-hydrogen) atoms. The molecule has 1 fully saturated rings. The second kappa shape index (κ2) is 9.82. The minimum atomic E-state index is -1.18. The van der Waals surface area contributed by atoms with Gasteiger partial charge in [0.25, 0.3) is 5.91 Å². The highest BCUT2D eigenvalue weighted by Crippen LogP contribution is 2.61. The summed E-state index contributed by atoms with van der Waals surface area (Å²) < 4.78 is 15.7. The molecule has 0 unspecified atom stereocenters. The molecule has 3 aromatic carbocycles. The van der Waals surface area contributed by atoms with Gasteiger partial charge in [-0.15, -0.1) is 0 Å². The molecule has 9 nitrogen and oxygen atoms in total. The number of ether oxygens (including phenoxy) is 3. The largest absolute Gasteiger partial charge is 0.497 e. The third kappa shape index (κ3) is 3.84. The van der Waals surface area contributed by atoms with Crippen LogP contribution in [0.2, 0.25) is 0 Å². The zero-order chi connectivity index (χ0) is 28.1. The Balaban J connectivity index is 1.19. The maximum absolute atomic E-state index is 13.8. The highest BCUT2D eigenvalue weighted by Gasteiger charge is 2.62. The molecule has 3 amide bonds. The molecule has 1 N–H and O–H groups in total. The number of hydrogen-bond donors (Lipinski definition) is 1. The average Bonchev–Trinajstić information content (AvgIpc) is 3.25. The third-order valence-electron chi connectivity index (χ3n) is 8.24. The van der Waals surface area contributed by atoms with Crippen molar-refractivity contribution in [3.05, 3.63) is 89.0 Å². The lowest BCUT2D eigenvalue weighted by Gasteiger charge is -2.45. The molecule has 4 aliphatic rings. The molecular formula is C31H28N2O7. The van der Waals surface area contributed by atoms with Crippen molar-refractivity contribution in [2.24, 2.45) is 11.8 Å². The summed E-state index contributed by atoms with van der Waals surface area (Å²) in [6.07, 6.45) is 0. The molecule has 2 bridgehead atoms. The number of carbonyl (C=O) groups excluding carboxylic acids is 4. The van der Waals surface area contributed by atoms with Gasteiger partial charge in [0.1, 0.15) is 17.5 Å². The fourth-order valence-corrected chi connectivity index (χ4v) is 6.54. The van der Waals surface area contributed by atoms with E-state index in [0.717, 1.165) is 27.2 Å². The van der Waals surface area contributed by atoms with E-state index < -0.39 is 36.4 Å². The minimum absolute atomic E-state index is 0.268. The first-order chi connectivity index (χ1) is 19.3. The second-order valence-corrected chi connectivity index (χ2v) is 10.2. The number of esters is 1. The number of amides is 3. The molecule has 0 radical (unpaired) electrons. The van der Waals surface area contributed by atoms with Crippen molar-refractivity contribution in [1.29, 1.82) is 0 Å². The Morgan fingerprint density at radius 2 is 1.35 bits per heavy atom. The zero-order valence-corrected chi connectivity index (χ0v) is 22.2. The van der Waals surface area contributed by atoms with Gasteiger partial charge in [0.05, 0.1) is 31.7 Å². The summed E-state index contributed by atoms with van der Waals surface area (Å²) in [5.41, 5.74) is 4.55. The van der Waals surface area contributed by atoms with Crippen molar-refractivity contribution in [2.75, 3.05) is 26.1 Å². The van der Waals surface area contributed by atoms with Crippen molar-refractivity contribution < 1.29 is 33.4 Å². The normalized spacial score (nSPS) is 22.6. The number of likely N-dealkylation sites (tertiary alicyclic amines) is 1. The Morgan fingerprint density at radius 3 is 1.82 bits per heavy atom. The number of imide groups is 1. The Hall–Kier alpha value is -4.66. The Labute approximate surface area is 231 Å². The lowest BCUT2D eigenvalue weighted by Crippen LogP contribution is -2.45. The molecule has 7 rings (SSSR count). The predicted octanol–water partition coefficient (Wildman–Crippen LogP) is 3.47. The van der Waals surface area contributed by atoms with Crippen LogP contribution >= 0.6 is 0 Å². The highest BCUT2D eigenvalue weighted by atomic mass is 16.5. The molecule has 1 aliphatic heterocycles. The number of hydrogen-bond acceptors (Lipinski definition) is 7. The zero-order valence-electron chi connectivity index (χ0n) is 22.2. The van der Waals surface area contributed by atoms with E-state index >= 15 is 0 Å². The van der Waals surface area contributed by atoms with E-state index in [4.69, 9.17) is 14.2 Å². The third-order valence-corrected chi connectivity index (χ3v) is 8.24. The number of nitrogens with zero attached hydrogens (tertiary/aromatic N) is 1. The van der Waals surface area contributed by atoms with Crippen LogP contribution in [0, 0.1) is 11.8 Å². The van der Waals surface area contributed by atoms with E-state index in [0.29, 0.717) is 17.2 Å². The molecule has 3 aliphatic carbocycles. The van der Waals surface area contributed by atoms with Crippen molar-refractivity contribution in [3.8, 4) is 11.5 Å². The average molecular weight is 541 g/mol. The summed E-state index contributed by atoms with van der Waals surface area (Å²) in [4.78, 5) is 54.3. The van der Waals surface area contributed by atoms with Gasteiger partial charge in [-0.1, -0.05) is 48.5 Å². The van der Waals surface area contributed by atoms with Crippen LogP contribution in [-0.2, 0) is 23.9 Å². The lowest BCUT2D eigenvalue weighted by atomic mass is 9.55. The maximum Gasteiger partial charge on any atom is 0.329 e. The summed E-state index contributed by atoms with van der Waals surface area (Å²) in [5.74, 6) is -3.03. The van der Waals surface area contributed by atoms with Gasteiger partial charge in [0.15, 0.2) is 6.61 Å². The molecule has 204 valence electrons.